The lowest BCUT2D eigenvalue weighted by molar-refractivity contribution is -0.137. The summed E-state index contributed by atoms with van der Waals surface area (Å²) in [6.45, 7) is 10.4. The minimum absolute atomic E-state index is 0.0647. The van der Waals surface area contributed by atoms with E-state index in [0.717, 1.165) is 22.4 Å². The zero-order valence-corrected chi connectivity index (χ0v) is 39.5. The van der Waals surface area contributed by atoms with E-state index in [2.05, 4.69) is 16.0 Å². The molecule has 0 spiro atoms. The predicted molar refractivity (Wildman–Crippen MR) is 260 cm³/mol. The fourth-order valence-electron chi connectivity index (χ4n) is 7.10. The van der Waals surface area contributed by atoms with Gasteiger partial charge in [0.25, 0.3) is 6.47 Å². The van der Waals surface area contributed by atoms with E-state index >= 15 is 0 Å². The minimum atomic E-state index is -1.31. The van der Waals surface area contributed by atoms with E-state index in [4.69, 9.17) is 71.1 Å². The Bertz CT molecular complexity index is 2100. The molecule has 1 amide bonds. The molecule has 0 saturated heterocycles. The maximum absolute atomic E-state index is 12.1. The van der Waals surface area contributed by atoms with Gasteiger partial charge in [-0.2, -0.15) is 0 Å². The van der Waals surface area contributed by atoms with Gasteiger partial charge in [0.1, 0.15) is 17.2 Å². The van der Waals surface area contributed by atoms with Crippen molar-refractivity contribution in [3.8, 4) is 17.2 Å². The Morgan fingerprint density at radius 1 is 0.618 bits per heavy atom. The highest BCUT2D eigenvalue weighted by atomic mass is 32.1. The lowest BCUT2D eigenvalue weighted by Crippen LogP contribution is -2.36. The van der Waals surface area contributed by atoms with Gasteiger partial charge in [0.2, 0.25) is 5.91 Å². The van der Waals surface area contributed by atoms with Gasteiger partial charge in [-0.05, 0) is 85.2 Å². The van der Waals surface area contributed by atoms with Gasteiger partial charge >= 0.3 is 0 Å². The number of hydrogen-bond acceptors (Lipinski definition) is 16. The van der Waals surface area contributed by atoms with Crippen molar-refractivity contribution in [1.82, 2.24) is 10.6 Å². The van der Waals surface area contributed by atoms with Gasteiger partial charge in [0, 0.05) is 65.4 Å². The summed E-state index contributed by atoms with van der Waals surface area (Å²) >= 11 is 5.53. The van der Waals surface area contributed by atoms with Crippen molar-refractivity contribution in [1.29, 1.82) is 0 Å². The van der Waals surface area contributed by atoms with Gasteiger partial charge in [0.15, 0.2) is 10.7 Å². The molecule has 0 aromatic heterocycles. The van der Waals surface area contributed by atoms with Crippen LogP contribution in [0.2, 0.25) is 0 Å². The van der Waals surface area contributed by atoms with Gasteiger partial charge in [0.05, 0.1) is 106 Å². The Morgan fingerprint density at radius 3 is 1.57 bits per heavy atom. The number of ether oxygens (including phenoxy) is 10. The van der Waals surface area contributed by atoms with Crippen LogP contribution in [-0.2, 0) is 64.2 Å². The molecule has 4 aromatic carbocycles. The van der Waals surface area contributed by atoms with Crippen LogP contribution in [0.5, 0.6) is 17.2 Å². The Kier molecular flexibility index (Phi) is 23.5. The lowest BCUT2D eigenvalue weighted by Gasteiger charge is -2.40. The van der Waals surface area contributed by atoms with Gasteiger partial charge < -0.3 is 79.9 Å². The van der Waals surface area contributed by atoms with Crippen LogP contribution in [0.4, 0.5) is 17.1 Å². The number of aromatic hydroxyl groups is 1. The van der Waals surface area contributed by atoms with Crippen LogP contribution in [-0.4, -0.2) is 141 Å². The maximum atomic E-state index is 12.1. The molecule has 4 aromatic rings. The first kappa shape index (κ1) is 53.3. The molecule has 0 atom stereocenters. The highest BCUT2D eigenvalue weighted by Crippen LogP contribution is 2.53. The van der Waals surface area contributed by atoms with E-state index in [1.165, 1.54) is 0 Å². The van der Waals surface area contributed by atoms with Gasteiger partial charge in [-0.3, -0.25) is 9.59 Å². The van der Waals surface area contributed by atoms with Crippen molar-refractivity contribution in [2.45, 2.75) is 25.4 Å². The van der Waals surface area contributed by atoms with E-state index in [9.17, 15) is 14.7 Å². The minimum Gasteiger partial charge on any atom is -0.508 e. The van der Waals surface area contributed by atoms with Crippen LogP contribution in [0.1, 0.15) is 34.2 Å². The summed E-state index contributed by atoms with van der Waals surface area (Å²) in [6, 6.07) is 23.1. The number of hydrogen-bond donors (Lipinski definition) is 6. The summed E-state index contributed by atoms with van der Waals surface area (Å²) in [7, 11) is 0. The molecule has 0 bridgehead atoms. The van der Waals surface area contributed by atoms with Crippen molar-refractivity contribution in [3.63, 3.8) is 0 Å². The second-order valence-electron chi connectivity index (χ2n) is 15.3. The van der Waals surface area contributed by atoms with E-state index in [1.807, 2.05) is 37.3 Å². The molecule has 1 aliphatic heterocycles. The molecule has 5 rings (SSSR count). The van der Waals surface area contributed by atoms with Crippen LogP contribution in [0.3, 0.4) is 0 Å². The van der Waals surface area contributed by atoms with Gasteiger partial charge in [-0.1, -0.05) is 18.2 Å². The molecular weight excluding hydrogens is 899 g/mol. The highest BCUT2D eigenvalue weighted by Gasteiger charge is 2.47. The number of nitrogens with one attached hydrogen (secondary N) is 3. The van der Waals surface area contributed by atoms with E-state index in [-0.39, 0.29) is 18.1 Å². The van der Waals surface area contributed by atoms with Crippen molar-refractivity contribution in [2.75, 3.05) is 136 Å². The van der Waals surface area contributed by atoms with Crippen LogP contribution in [0.15, 0.2) is 78.9 Å². The second-order valence-corrected chi connectivity index (χ2v) is 15.7. The lowest BCUT2D eigenvalue weighted by atomic mass is 9.76. The first-order valence-electron chi connectivity index (χ1n) is 22.6. The molecule has 18 nitrogen and oxygen atoms in total. The van der Waals surface area contributed by atoms with Crippen LogP contribution in [0.25, 0.3) is 0 Å². The summed E-state index contributed by atoms with van der Waals surface area (Å²) in [4.78, 5) is 24.0. The third kappa shape index (κ3) is 17.8. The molecule has 68 heavy (non-hydrogen) atoms. The number of phenols is 1. The number of fused-ring (bicyclic) bond motifs is 2. The van der Waals surface area contributed by atoms with Crippen molar-refractivity contribution in [3.05, 3.63) is 107 Å². The number of carbonyl (C=O) groups excluding carboxylic acids is 2. The Balaban J connectivity index is 0.786. The van der Waals surface area contributed by atoms with Gasteiger partial charge in [-0.25, -0.2) is 0 Å². The number of anilines is 3. The number of thiocarbonyl (C=S) groups is 1. The fourth-order valence-corrected chi connectivity index (χ4v) is 7.32. The number of benzene rings is 4. The molecule has 19 heteroatoms. The smallest absolute Gasteiger partial charge is 0.294 e. The molecule has 8 N–H and O–H groups in total. The number of amides is 1. The van der Waals surface area contributed by atoms with Crippen molar-refractivity contribution < 1.29 is 62.1 Å². The Hall–Kier alpha value is -5.61. The quantitative estimate of drug-likeness (QED) is 0.0162. The summed E-state index contributed by atoms with van der Waals surface area (Å²) in [6.07, 6.45) is 0.986. The number of rotatable bonds is 34. The van der Waals surface area contributed by atoms with Crippen LogP contribution in [0, 0.1) is 6.92 Å². The summed E-state index contributed by atoms with van der Waals surface area (Å²) in [5, 5.41) is 19.0. The largest absolute Gasteiger partial charge is 0.508 e. The standard InChI is InChI=1S/C49H65N5O13S/c1-36-32-40(6-11-42(36)49(66-35-55)43-9-4-38(50)33-45(43)67-46-34-39(51)5-10-44(46)49)54-48(68)53-15-17-59-19-21-61-23-25-63-27-29-65-31-30-64-28-26-62-24-22-60-20-18-58-16-13-47(57)52-14-12-37-2-7-41(56)8-3-37/h2-11,32-35,56H,12-31,50-51H2,1H3,(H,52,57)(H2,53,54,68). The van der Waals surface area contributed by atoms with Crippen LogP contribution < -0.4 is 32.2 Å². The molecule has 0 unspecified atom stereocenters. The van der Waals surface area contributed by atoms with E-state index in [1.54, 1.807) is 48.5 Å². The molecule has 0 aliphatic carbocycles. The van der Waals surface area contributed by atoms with E-state index in [0.29, 0.717) is 171 Å². The summed E-state index contributed by atoms with van der Waals surface area (Å²) < 4.78 is 56.5. The zero-order chi connectivity index (χ0) is 48.2. The predicted octanol–water partition coefficient (Wildman–Crippen LogP) is 4.60. The fraction of sp³-hybridized carbons (Fsp3) is 0.449. The molecule has 0 radical (unpaired) electrons. The van der Waals surface area contributed by atoms with Crippen LogP contribution >= 0.6 is 12.2 Å². The molecule has 0 fully saturated rings. The third-order valence-electron chi connectivity index (χ3n) is 10.4. The number of nitrogen functional groups attached to an aromatic ring is 2. The van der Waals surface area contributed by atoms with Crippen molar-refractivity contribution in [2.24, 2.45) is 0 Å². The number of aryl methyl sites for hydroxylation is 1. The number of nitrogens with two attached hydrogens (primary N) is 2. The molecule has 1 aliphatic rings. The molecule has 0 saturated carbocycles. The number of carbonyl (C=O) groups is 2. The first-order chi connectivity index (χ1) is 33.2. The number of phenolic OH excluding ortho intramolecular Hbond substituents is 1. The zero-order valence-electron chi connectivity index (χ0n) is 38.6. The molecule has 1 heterocycles. The maximum Gasteiger partial charge on any atom is 0.294 e. The topological polar surface area (TPSA) is 235 Å². The Labute approximate surface area is 403 Å². The average molecular weight is 964 g/mol. The van der Waals surface area contributed by atoms with Crippen molar-refractivity contribution >= 4 is 46.8 Å². The Morgan fingerprint density at radius 2 is 1.09 bits per heavy atom. The average Bonchev–Trinajstić information content (AvgIpc) is 3.31. The SMILES string of the molecule is Cc1cc(NC(=S)NCCOCCOCCOCCOCCOCCOCCOCCOCCC(=O)NCCc2ccc(O)cc2)ccc1C1(OC=O)c2ccc(N)cc2Oc2cc(N)ccc21. The highest BCUT2D eigenvalue weighted by molar-refractivity contribution is 7.80. The van der Waals surface area contributed by atoms with Gasteiger partial charge in [-0.15, -0.1) is 0 Å². The molecular formula is C49H65N5O13S. The third-order valence-corrected chi connectivity index (χ3v) is 10.6. The molecule has 370 valence electrons. The summed E-state index contributed by atoms with van der Waals surface area (Å²) in [5.74, 6) is 1.09. The first-order valence-corrected chi connectivity index (χ1v) is 23.0. The van der Waals surface area contributed by atoms with E-state index < -0.39 is 5.60 Å². The second kappa shape index (κ2) is 30.0. The summed E-state index contributed by atoms with van der Waals surface area (Å²) in [5.41, 5.74) is 16.5. The normalized spacial score (nSPS) is 12.4. The monoisotopic (exact) mass is 963 g/mol.